The summed E-state index contributed by atoms with van der Waals surface area (Å²) in [5, 5.41) is 3.45. The van der Waals surface area contributed by atoms with E-state index in [-0.39, 0.29) is 11.5 Å². The number of carbonyl (C=O) groups is 1. The fourth-order valence-electron chi connectivity index (χ4n) is 2.92. The van der Waals surface area contributed by atoms with E-state index < -0.39 is 0 Å². The van der Waals surface area contributed by atoms with E-state index >= 15 is 0 Å². The molecule has 136 valence electrons. The SMILES string of the molecule is COc1ccc(C)cc1CCNC(=O)c1sc2ncn(C)c(=O)c2c1C. The fourth-order valence-corrected chi connectivity index (χ4v) is 3.97. The van der Waals surface area contributed by atoms with Crippen LogP contribution in [0, 0.1) is 13.8 Å². The van der Waals surface area contributed by atoms with Crippen LogP contribution in [-0.2, 0) is 13.5 Å². The lowest BCUT2D eigenvalue weighted by Crippen LogP contribution is -2.25. The Balaban J connectivity index is 1.76. The molecule has 3 aromatic rings. The third kappa shape index (κ3) is 3.35. The fraction of sp³-hybridized carbons (Fsp3) is 0.316. The Morgan fingerprint density at radius 3 is 2.85 bits per heavy atom. The van der Waals surface area contributed by atoms with Crippen LogP contribution in [0.25, 0.3) is 10.2 Å². The Morgan fingerprint density at radius 2 is 2.12 bits per heavy atom. The van der Waals surface area contributed by atoms with Gasteiger partial charge < -0.3 is 14.6 Å². The molecule has 2 aromatic heterocycles. The number of methoxy groups -OCH3 is 1. The Morgan fingerprint density at radius 1 is 1.35 bits per heavy atom. The lowest BCUT2D eigenvalue weighted by Gasteiger charge is -2.10. The van der Waals surface area contributed by atoms with Crippen LogP contribution in [0.1, 0.15) is 26.4 Å². The summed E-state index contributed by atoms with van der Waals surface area (Å²) in [6, 6.07) is 5.99. The number of rotatable bonds is 5. The highest BCUT2D eigenvalue weighted by Crippen LogP contribution is 2.26. The van der Waals surface area contributed by atoms with Crippen LogP contribution in [0.4, 0.5) is 0 Å². The molecule has 0 radical (unpaired) electrons. The number of fused-ring (bicyclic) bond motifs is 1. The van der Waals surface area contributed by atoms with E-state index in [1.165, 1.54) is 22.2 Å². The molecule has 26 heavy (non-hydrogen) atoms. The van der Waals surface area contributed by atoms with Gasteiger partial charge in [0.1, 0.15) is 10.6 Å². The maximum Gasteiger partial charge on any atom is 0.262 e. The number of ether oxygens (including phenoxy) is 1. The van der Waals surface area contributed by atoms with Crippen molar-refractivity contribution >= 4 is 27.5 Å². The van der Waals surface area contributed by atoms with Gasteiger partial charge in [-0.1, -0.05) is 17.7 Å². The molecule has 0 aliphatic rings. The standard InChI is InChI=1S/C19H21N3O3S/c1-11-5-6-14(25-4)13(9-11)7-8-20-17(23)16-12(2)15-18(26-16)21-10-22(3)19(15)24/h5-6,9-10H,7-8H2,1-4H3,(H,20,23). The van der Waals surface area contributed by atoms with Gasteiger partial charge in [-0.2, -0.15) is 0 Å². The van der Waals surface area contributed by atoms with E-state index in [2.05, 4.69) is 16.4 Å². The monoisotopic (exact) mass is 371 g/mol. The summed E-state index contributed by atoms with van der Waals surface area (Å²) in [5.41, 5.74) is 2.75. The lowest BCUT2D eigenvalue weighted by molar-refractivity contribution is 0.0957. The van der Waals surface area contributed by atoms with Crippen LogP contribution in [-0.4, -0.2) is 29.1 Å². The number of thiophene rings is 1. The van der Waals surface area contributed by atoms with E-state index in [4.69, 9.17) is 4.74 Å². The summed E-state index contributed by atoms with van der Waals surface area (Å²) in [6.45, 7) is 4.30. The minimum absolute atomic E-state index is 0.132. The normalized spacial score (nSPS) is 10.9. The number of hydrogen-bond donors (Lipinski definition) is 1. The van der Waals surface area contributed by atoms with Crippen LogP contribution in [0.15, 0.2) is 29.3 Å². The number of carbonyl (C=O) groups excluding carboxylic acids is 1. The summed E-state index contributed by atoms with van der Waals surface area (Å²) in [5.74, 6) is 0.634. The zero-order valence-electron chi connectivity index (χ0n) is 15.3. The van der Waals surface area contributed by atoms with Gasteiger partial charge in [0.2, 0.25) is 0 Å². The molecule has 1 amide bonds. The van der Waals surface area contributed by atoms with Crippen LogP contribution in [0.2, 0.25) is 0 Å². The van der Waals surface area contributed by atoms with E-state index in [0.717, 1.165) is 16.9 Å². The van der Waals surface area contributed by atoms with Crippen molar-refractivity contribution in [3.63, 3.8) is 0 Å². The Labute approximate surface area is 155 Å². The van der Waals surface area contributed by atoms with Crippen molar-refractivity contribution in [1.29, 1.82) is 0 Å². The number of amides is 1. The maximum absolute atomic E-state index is 12.6. The molecule has 0 aliphatic heterocycles. The highest BCUT2D eigenvalue weighted by Gasteiger charge is 2.18. The van der Waals surface area contributed by atoms with Crippen LogP contribution in [0.3, 0.4) is 0 Å². The lowest BCUT2D eigenvalue weighted by atomic mass is 10.1. The van der Waals surface area contributed by atoms with Gasteiger partial charge in [0.25, 0.3) is 11.5 Å². The number of aromatic nitrogens is 2. The zero-order chi connectivity index (χ0) is 18.8. The minimum atomic E-state index is -0.181. The molecule has 1 N–H and O–H groups in total. The Kier molecular flexibility index (Phi) is 5.08. The highest BCUT2D eigenvalue weighted by atomic mass is 32.1. The van der Waals surface area contributed by atoms with Gasteiger partial charge >= 0.3 is 0 Å². The molecular weight excluding hydrogens is 350 g/mol. The summed E-state index contributed by atoms with van der Waals surface area (Å²) >= 11 is 1.25. The van der Waals surface area contributed by atoms with Gasteiger partial charge in [0.15, 0.2) is 0 Å². The molecule has 6 nitrogen and oxygen atoms in total. The zero-order valence-corrected chi connectivity index (χ0v) is 16.1. The molecule has 7 heteroatoms. The van der Waals surface area contributed by atoms with Gasteiger partial charge in [0, 0.05) is 13.6 Å². The molecule has 0 saturated carbocycles. The van der Waals surface area contributed by atoms with Crippen molar-refractivity contribution < 1.29 is 9.53 Å². The smallest absolute Gasteiger partial charge is 0.262 e. The van der Waals surface area contributed by atoms with E-state index in [0.29, 0.717) is 33.6 Å². The molecule has 0 fully saturated rings. The summed E-state index contributed by atoms with van der Waals surface area (Å²) in [7, 11) is 3.29. The van der Waals surface area contributed by atoms with Crippen LogP contribution >= 0.6 is 11.3 Å². The topological polar surface area (TPSA) is 73.2 Å². The molecule has 1 aromatic carbocycles. The van der Waals surface area contributed by atoms with Gasteiger partial charge in [-0.3, -0.25) is 9.59 Å². The predicted molar refractivity (Wildman–Crippen MR) is 103 cm³/mol. The number of aryl methyl sites for hydroxylation is 3. The quantitative estimate of drug-likeness (QED) is 0.748. The predicted octanol–water partition coefficient (Wildman–Crippen LogP) is 2.59. The van der Waals surface area contributed by atoms with Crippen molar-refractivity contribution in [3.8, 4) is 5.75 Å². The molecule has 2 heterocycles. The molecule has 0 atom stereocenters. The average Bonchev–Trinajstić information content (AvgIpc) is 2.96. The summed E-state index contributed by atoms with van der Waals surface area (Å²) < 4.78 is 6.79. The van der Waals surface area contributed by atoms with Crippen molar-refractivity contribution in [2.45, 2.75) is 20.3 Å². The van der Waals surface area contributed by atoms with E-state index in [1.807, 2.05) is 19.1 Å². The summed E-state index contributed by atoms with van der Waals surface area (Å²) in [6.07, 6.45) is 2.15. The summed E-state index contributed by atoms with van der Waals surface area (Å²) in [4.78, 5) is 30.2. The van der Waals surface area contributed by atoms with Crippen molar-refractivity contribution in [1.82, 2.24) is 14.9 Å². The first kappa shape index (κ1) is 18.1. The number of hydrogen-bond acceptors (Lipinski definition) is 5. The molecule has 0 aliphatic carbocycles. The van der Waals surface area contributed by atoms with Gasteiger partial charge in [-0.05, 0) is 37.5 Å². The second-order valence-corrected chi connectivity index (χ2v) is 7.22. The minimum Gasteiger partial charge on any atom is -0.496 e. The Hall–Kier alpha value is -2.67. The first-order valence-corrected chi connectivity index (χ1v) is 9.10. The molecule has 0 saturated heterocycles. The molecule has 0 bridgehead atoms. The first-order valence-electron chi connectivity index (χ1n) is 8.28. The average molecular weight is 371 g/mol. The largest absolute Gasteiger partial charge is 0.496 e. The van der Waals surface area contributed by atoms with Crippen molar-refractivity contribution in [2.24, 2.45) is 7.05 Å². The van der Waals surface area contributed by atoms with Gasteiger partial charge in [-0.25, -0.2) is 4.98 Å². The highest BCUT2D eigenvalue weighted by molar-refractivity contribution is 7.20. The molecule has 0 unspecified atom stereocenters. The van der Waals surface area contributed by atoms with Gasteiger partial charge in [-0.15, -0.1) is 11.3 Å². The van der Waals surface area contributed by atoms with E-state index in [9.17, 15) is 9.59 Å². The van der Waals surface area contributed by atoms with Crippen molar-refractivity contribution in [3.05, 3.63) is 56.4 Å². The van der Waals surface area contributed by atoms with Crippen LogP contribution in [0.5, 0.6) is 5.75 Å². The first-order chi connectivity index (χ1) is 12.4. The second-order valence-electron chi connectivity index (χ2n) is 6.22. The molecule has 3 rings (SSSR count). The molecule has 0 spiro atoms. The van der Waals surface area contributed by atoms with Crippen LogP contribution < -0.4 is 15.6 Å². The Bertz CT molecular complexity index is 1040. The number of benzene rings is 1. The number of nitrogens with zero attached hydrogens (tertiary/aromatic N) is 2. The van der Waals surface area contributed by atoms with Gasteiger partial charge in [0.05, 0.1) is 23.7 Å². The maximum atomic E-state index is 12.6. The number of nitrogens with one attached hydrogen (secondary N) is 1. The third-order valence-electron chi connectivity index (χ3n) is 4.33. The third-order valence-corrected chi connectivity index (χ3v) is 5.53. The van der Waals surface area contributed by atoms with E-state index in [1.54, 1.807) is 21.1 Å². The second kappa shape index (κ2) is 7.29. The molecular formula is C19H21N3O3S. The van der Waals surface area contributed by atoms with Crippen molar-refractivity contribution in [2.75, 3.05) is 13.7 Å².